The SMILES string of the molecule is O=C1CC(c2noc(-c3cc(-c4ccccc4)n[nH]3)n2)CN1c1ccc2c(c1)CCC2. The molecule has 7 heteroatoms. The van der Waals surface area contributed by atoms with Crippen molar-refractivity contribution in [2.75, 3.05) is 11.4 Å². The van der Waals surface area contributed by atoms with Crippen LogP contribution in [0.25, 0.3) is 22.8 Å². The van der Waals surface area contributed by atoms with Crippen molar-refractivity contribution in [2.45, 2.75) is 31.6 Å². The van der Waals surface area contributed by atoms with Gasteiger partial charge in [-0.1, -0.05) is 41.6 Å². The summed E-state index contributed by atoms with van der Waals surface area (Å²) in [5.41, 5.74) is 6.23. The summed E-state index contributed by atoms with van der Waals surface area (Å²) < 4.78 is 5.49. The number of aromatic nitrogens is 4. The summed E-state index contributed by atoms with van der Waals surface area (Å²) in [6.07, 6.45) is 3.81. The number of nitrogens with one attached hydrogen (secondary N) is 1. The molecule has 7 nitrogen and oxygen atoms in total. The van der Waals surface area contributed by atoms with Gasteiger partial charge in [0.2, 0.25) is 5.91 Å². The zero-order valence-electron chi connectivity index (χ0n) is 16.9. The van der Waals surface area contributed by atoms with Crippen LogP contribution in [0.15, 0.2) is 59.1 Å². The molecule has 6 rings (SSSR count). The first-order valence-corrected chi connectivity index (χ1v) is 10.6. The smallest absolute Gasteiger partial charge is 0.275 e. The molecule has 0 bridgehead atoms. The molecule has 2 aromatic heterocycles. The van der Waals surface area contributed by atoms with Crippen molar-refractivity contribution in [3.05, 3.63) is 71.5 Å². The number of aryl methyl sites for hydroxylation is 2. The third kappa shape index (κ3) is 3.22. The molecule has 1 saturated heterocycles. The molecule has 1 atom stereocenters. The first-order chi connectivity index (χ1) is 15.2. The molecule has 1 aliphatic heterocycles. The molecule has 1 amide bonds. The second kappa shape index (κ2) is 7.19. The second-order valence-electron chi connectivity index (χ2n) is 8.20. The van der Waals surface area contributed by atoms with Gasteiger partial charge < -0.3 is 9.42 Å². The minimum absolute atomic E-state index is 0.0882. The van der Waals surface area contributed by atoms with Crippen molar-refractivity contribution in [1.82, 2.24) is 20.3 Å². The number of hydrogen-bond acceptors (Lipinski definition) is 5. The molecule has 1 N–H and O–H groups in total. The molecule has 2 aliphatic rings. The molecule has 2 aromatic carbocycles. The zero-order chi connectivity index (χ0) is 20.8. The molecular formula is C24H21N5O2. The fourth-order valence-electron chi connectivity index (χ4n) is 4.55. The van der Waals surface area contributed by atoms with Crippen molar-refractivity contribution >= 4 is 11.6 Å². The van der Waals surface area contributed by atoms with Crippen LogP contribution < -0.4 is 4.90 Å². The van der Waals surface area contributed by atoms with Crippen LogP contribution in [0.4, 0.5) is 5.69 Å². The summed E-state index contributed by atoms with van der Waals surface area (Å²) in [5.74, 6) is 0.952. The van der Waals surface area contributed by atoms with E-state index in [1.807, 2.05) is 41.3 Å². The van der Waals surface area contributed by atoms with E-state index in [1.165, 1.54) is 17.5 Å². The van der Waals surface area contributed by atoms with Crippen LogP contribution in [0.3, 0.4) is 0 Å². The highest BCUT2D eigenvalue weighted by Gasteiger charge is 2.35. The van der Waals surface area contributed by atoms with Crippen molar-refractivity contribution in [1.29, 1.82) is 0 Å². The number of carbonyl (C=O) groups excluding carboxylic acids is 1. The fourth-order valence-corrected chi connectivity index (χ4v) is 4.55. The lowest BCUT2D eigenvalue weighted by atomic mass is 10.1. The molecule has 0 spiro atoms. The number of amides is 1. The monoisotopic (exact) mass is 411 g/mol. The molecule has 0 radical (unpaired) electrons. The predicted molar refractivity (Wildman–Crippen MR) is 115 cm³/mol. The molecule has 1 aliphatic carbocycles. The van der Waals surface area contributed by atoms with Gasteiger partial charge >= 0.3 is 0 Å². The van der Waals surface area contributed by atoms with E-state index in [-0.39, 0.29) is 11.8 Å². The third-order valence-electron chi connectivity index (χ3n) is 6.20. The summed E-state index contributed by atoms with van der Waals surface area (Å²) >= 11 is 0. The highest BCUT2D eigenvalue weighted by Crippen LogP contribution is 2.34. The van der Waals surface area contributed by atoms with Gasteiger partial charge in [-0.05, 0) is 48.6 Å². The third-order valence-corrected chi connectivity index (χ3v) is 6.20. The van der Waals surface area contributed by atoms with E-state index >= 15 is 0 Å². The van der Waals surface area contributed by atoms with Gasteiger partial charge in [-0.25, -0.2) is 0 Å². The van der Waals surface area contributed by atoms with E-state index in [0.29, 0.717) is 30.4 Å². The number of H-pyrrole nitrogens is 1. The highest BCUT2D eigenvalue weighted by atomic mass is 16.5. The first kappa shape index (κ1) is 18.1. The van der Waals surface area contributed by atoms with Crippen LogP contribution >= 0.6 is 0 Å². The molecule has 4 aromatic rings. The molecule has 154 valence electrons. The molecule has 1 fully saturated rings. The van der Waals surface area contributed by atoms with E-state index in [2.05, 4.69) is 38.5 Å². The average Bonchev–Trinajstić information content (AvgIpc) is 3.59. The van der Waals surface area contributed by atoms with Gasteiger partial charge in [0.15, 0.2) is 5.82 Å². The Labute approximate surface area is 179 Å². The number of anilines is 1. The Hall–Kier alpha value is -3.74. The quantitative estimate of drug-likeness (QED) is 0.545. The number of fused-ring (bicyclic) bond motifs is 1. The summed E-state index contributed by atoms with van der Waals surface area (Å²) in [6, 6.07) is 18.2. The van der Waals surface area contributed by atoms with E-state index in [1.54, 1.807) is 0 Å². The minimum Gasteiger partial charge on any atom is -0.332 e. The van der Waals surface area contributed by atoms with Gasteiger partial charge in [-0.15, -0.1) is 0 Å². The summed E-state index contributed by atoms with van der Waals surface area (Å²) in [6.45, 7) is 0.564. The van der Waals surface area contributed by atoms with Crippen molar-refractivity contribution in [3.63, 3.8) is 0 Å². The van der Waals surface area contributed by atoms with Gasteiger partial charge in [0, 0.05) is 30.1 Å². The molecular weight excluding hydrogens is 390 g/mol. The van der Waals surface area contributed by atoms with Crippen LogP contribution in [0, 0.1) is 0 Å². The topological polar surface area (TPSA) is 87.9 Å². The number of benzene rings is 2. The summed E-state index contributed by atoms with van der Waals surface area (Å²) in [5, 5.41) is 11.5. The Balaban J connectivity index is 1.21. The number of hydrogen-bond donors (Lipinski definition) is 1. The van der Waals surface area contributed by atoms with E-state index < -0.39 is 0 Å². The van der Waals surface area contributed by atoms with Crippen LogP contribution in [-0.2, 0) is 17.6 Å². The molecule has 31 heavy (non-hydrogen) atoms. The van der Waals surface area contributed by atoms with Crippen molar-refractivity contribution in [3.8, 4) is 22.8 Å². The van der Waals surface area contributed by atoms with Crippen LogP contribution in [-0.4, -0.2) is 32.8 Å². The Morgan fingerprint density at radius 3 is 2.81 bits per heavy atom. The Morgan fingerprint density at radius 2 is 1.90 bits per heavy atom. The largest absolute Gasteiger partial charge is 0.332 e. The molecule has 1 unspecified atom stereocenters. The van der Waals surface area contributed by atoms with E-state index in [0.717, 1.165) is 29.8 Å². The Morgan fingerprint density at radius 1 is 1.03 bits per heavy atom. The van der Waals surface area contributed by atoms with E-state index in [9.17, 15) is 4.79 Å². The van der Waals surface area contributed by atoms with Gasteiger partial charge in [-0.3, -0.25) is 9.89 Å². The Bertz CT molecular complexity index is 1260. The maximum Gasteiger partial charge on any atom is 0.275 e. The van der Waals surface area contributed by atoms with Crippen LogP contribution in [0.1, 0.15) is 35.7 Å². The van der Waals surface area contributed by atoms with Gasteiger partial charge in [0.05, 0.1) is 5.69 Å². The minimum atomic E-state index is -0.0882. The summed E-state index contributed by atoms with van der Waals surface area (Å²) in [7, 11) is 0. The zero-order valence-corrected chi connectivity index (χ0v) is 16.9. The van der Waals surface area contributed by atoms with E-state index in [4.69, 9.17) is 4.52 Å². The summed E-state index contributed by atoms with van der Waals surface area (Å²) in [4.78, 5) is 19.1. The normalized spacial score (nSPS) is 18.0. The van der Waals surface area contributed by atoms with Gasteiger partial charge in [-0.2, -0.15) is 10.1 Å². The first-order valence-electron chi connectivity index (χ1n) is 10.6. The number of nitrogens with zero attached hydrogens (tertiary/aromatic N) is 4. The maximum atomic E-state index is 12.7. The standard InChI is InChI=1S/C24H21N5O2/c30-22-12-18(14-29(22)19-10-9-15-7-4-8-17(15)11-19)23-25-24(31-28-23)21-13-20(26-27-21)16-5-2-1-3-6-16/h1-3,5-6,9-11,13,18H,4,7-8,12,14H2,(H,26,27). The molecule has 0 saturated carbocycles. The number of aromatic amines is 1. The predicted octanol–water partition coefficient (Wildman–Crippen LogP) is 4.14. The van der Waals surface area contributed by atoms with Gasteiger partial charge in [0.1, 0.15) is 5.69 Å². The molecule has 3 heterocycles. The maximum absolute atomic E-state index is 12.7. The lowest BCUT2D eigenvalue weighted by Crippen LogP contribution is -2.24. The van der Waals surface area contributed by atoms with Crippen molar-refractivity contribution in [2.24, 2.45) is 0 Å². The van der Waals surface area contributed by atoms with Crippen LogP contribution in [0.5, 0.6) is 0 Å². The second-order valence-corrected chi connectivity index (χ2v) is 8.20. The average molecular weight is 411 g/mol. The Kier molecular flexibility index (Phi) is 4.19. The van der Waals surface area contributed by atoms with Crippen molar-refractivity contribution < 1.29 is 9.32 Å². The van der Waals surface area contributed by atoms with Crippen LogP contribution in [0.2, 0.25) is 0 Å². The number of carbonyl (C=O) groups is 1. The lowest BCUT2D eigenvalue weighted by Gasteiger charge is -2.17. The lowest BCUT2D eigenvalue weighted by molar-refractivity contribution is -0.117. The van der Waals surface area contributed by atoms with Gasteiger partial charge in [0.25, 0.3) is 5.89 Å². The number of rotatable bonds is 4. The fraction of sp³-hybridized carbons (Fsp3) is 0.250. The highest BCUT2D eigenvalue weighted by molar-refractivity contribution is 5.96.